The lowest BCUT2D eigenvalue weighted by Crippen LogP contribution is -2.20. The van der Waals surface area contributed by atoms with Crippen molar-refractivity contribution in [1.82, 2.24) is 0 Å². The van der Waals surface area contributed by atoms with E-state index in [2.05, 4.69) is 5.32 Å². The molecule has 0 fully saturated rings. The van der Waals surface area contributed by atoms with Gasteiger partial charge in [0, 0.05) is 4.88 Å². The third kappa shape index (κ3) is 4.47. The summed E-state index contributed by atoms with van der Waals surface area (Å²) in [5, 5.41) is 3.35. The molecule has 8 heteroatoms. The number of hydrogen-bond acceptors (Lipinski definition) is 4. The first kappa shape index (κ1) is 18.5. The fraction of sp³-hybridized carbons (Fsp3) is 0.294. The highest BCUT2D eigenvalue weighted by Gasteiger charge is 2.19. The summed E-state index contributed by atoms with van der Waals surface area (Å²) >= 11 is 19.2. The Morgan fingerprint density at radius 1 is 1.04 bits per heavy atom. The minimum absolute atomic E-state index is 0.250. The van der Waals surface area contributed by atoms with Gasteiger partial charge in [0.25, 0.3) is 5.91 Å². The summed E-state index contributed by atoms with van der Waals surface area (Å²) in [6.07, 6.45) is 4.29. The van der Waals surface area contributed by atoms with Crippen molar-refractivity contribution in [2.75, 3.05) is 11.9 Å². The molecule has 0 aliphatic heterocycles. The molecule has 1 aromatic carbocycles. The Kier molecular flexibility index (Phi) is 5.89. The van der Waals surface area contributed by atoms with E-state index in [-0.39, 0.29) is 15.1 Å². The Bertz CT molecular complexity index is 811. The predicted molar refractivity (Wildman–Crippen MR) is 101 cm³/mol. The van der Waals surface area contributed by atoms with Gasteiger partial charge in [-0.1, -0.05) is 34.8 Å². The lowest BCUT2D eigenvalue weighted by atomic mass is 9.99. The molecule has 4 nitrogen and oxygen atoms in total. The van der Waals surface area contributed by atoms with Crippen LogP contribution >= 0.6 is 46.1 Å². The van der Waals surface area contributed by atoms with Gasteiger partial charge in [-0.05, 0) is 49.4 Å². The van der Waals surface area contributed by atoms with Gasteiger partial charge in [0.1, 0.15) is 4.88 Å². The summed E-state index contributed by atoms with van der Waals surface area (Å²) in [6.45, 7) is -0.405. The third-order valence-electron chi connectivity index (χ3n) is 3.82. The number of rotatable bonds is 4. The highest BCUT2D eigenvalue weighted by atomic mass is 35.5. The number of hydrogen-bond donors (Lipinski definition) is 1. The van der Waals surface area contributed by atoms with Gasteiger partial charge in [-0.3, -0.25) is 4.79 Å². The van der Waals surface area contributed by atoms with Crippen LogP contribution in [0.15, 0.2) is 18.2 Å². The summed E-state index contributed by atoms with van der Waals surface area (Å²) in [5.74, 6) is -0.996. The first-order valence-corrected chi connectivity index (χ1v) is 9.62. The molecule has 0 radical (unpaired) electrons. The Hall–Kier alpha value is -1.27. The molecule has 0 unspecified atom stereocenters. The number of nitrogens with one attached hydrogen (secondary N) is 1. The first-order chi connectivity index (χ1) is 11.9. The van der Waals surface area contributed by atoms with Gasteiger partial charge >= 0.3 is 5.97 Å². The summed E-state index contributed by atoms with van der Waals surface area (Å²) < 4.78 is 5.09. The number of carbonyl (C=O) groups is 2. The van der Waals surface area contributed by atoms with Gasteiger partial charge in [0.2, 0.25) is 0 Å². The van der Waals surface area contributed by atoms with E-state index in [1.165, 1.54) is 33.9 Å². The Balaban J connectivity index is 1.58. The van der Waals surface area contributed by atoms with Crippen molar-refractivity contribution in [3.8, 4) is 0 Å². The van der Waals surface area contributed by atoms with E-state index in [9.17, 15) is 9.59 Å². The van der Waals surface area contributed by atoms with Crippen LogP contribution in [0.1, 0.15) is 33.0 Å². The second-order valence-electron chi connectivity index (χ2n) is 5.64. The molecule has 0 atom stereocenters. The zero-order valence-electron chi connectivity index (χ0n) is 13.0. The van der Waals surface area contributed by atoms with Crippen molar-refractivity contribution in [3.63, 3.8) is 0 Å². The topological polar surface area (TPSA) is 55.4 Å². The van der Waals surface area contributed by atoms with Crippen molar-refractivity contribution in [2.24, 2.45) is 0 Å². The van der Waals surface area contributed by atoms with Gasteiger partial charge in [0.05, 0.1) is 20.8 Å². The average molecular weight is 419 g/mol. The quantitative estimate of drug-likeness (QED) is 0.535. The van der Waals surface area contributed by atoms with Gasteiger partial charge < -0.3 is 10.1 Å². The molecule has 1 N–H and O–H groups in total. The number of thiophene rings is 1. The molecule has 1 aliphatic carbocycles. The van der Waals surface area contributed by atoms with Crippen LogP contribution in [-0.2, 0) is 22.4 Å². The molecule has 0 spiro atoms. The number of fused-ring (bicyclic) bond motifs is 1. The van der Waals surface area contributed by atoms with E-state index < -0.39 is 18.5 Å². The van der Waals surface area contributed by atoms with Crippen LogP contribution in [0.4, 0.5) is 5.69 Å². The number of aryl methyl sites for hydroxylation is 2. The molecule has 132 valence electrons. The monoisotopic (exact) mass is 417 g/mol. The van der Waals surface area contributed by atoms with E-state index in [4.69, 9.17) is 39.5 Å². The number of benzene rings is 1. The van der Waals surface area contributed by atoms with Crippen LogP contribution in [0.5, 0.6) is 0 Å². The molecular weight excluding hydrogens is 405 g/mol. The number of anilines is 1. The van der Waals surface area contributed by atoms with E-state index in [0.717, 1.165) is 25.7 Å². The molecule has 0 saturated carbocycles. The lowest BCUT2D eigenvalue weighted by molar-refractivity contribution is -0.119. The zero-order valence-corrected chi connectivity index (χ0v) is 16.1. The number of carbonyl (C=O) groups excluding carboxylic acids is 2. The van der Waals surface area contributed by atoms with Gasteiger partial charge in [-0.2, -0.15) is 0 Å². The second kappa shape index (κ2) is 7.96. The molecule has 0 saturated heterocycles. The molecule has 25 heavy (non-hydrogen) atoms. The van der Waals surface area contributed by atoms with Crippen LogP contribution in [0.3, 0.4) is 0 Å². The van der Waals surface area contributed by atoms with Crippen LogP contribution in [0, 0.1) is 0 Å². The summed E-state index contributed by atoms with van der Waals surface area (Å²) in [4.78, 5) is 25.9. The van der Waals surface area contributed by atoms with Crippen LogP contribution in [-0.4, -0.2) is 18.5 Å². The average Bonchev–Trinajstić information content (AvgIpc) is 3.02. The molecule has 1 aromatic heterocycles. The van der Waals surface area contributed by atoms with Gasteiger partial charge in [-0.15, -0.1) is 11.3 Å². The van der Waals surface area contributed by atoms with Crippen molar-refractivity contribution in [1.29, 1.82) is 0 Å². The van der Waals surface area contributed by atoms with E-state index >= 15 is 0 Å². The highest BCUT2D eigenvalue weighted by molar-refractivity contribution is 7.14. The Labute approximate surface area is 164 Å². The number of halogens is 3. The molecule has 1 amide bonds. The fourth-order valence-corrected chi connectivity index (χ4v) is 4.34. The normalized spacial score (nSPS) is 13.2. The highest BCUT2D eigenvalue weighted by Crippen LogP contribution is 2.32. The van der Waals surface area contributed by atoms with Crippen molar-refractivity contribution < 1.29 is 14.3 Å². The van der Waals surface area contributed by atoms with Gasteiger partial charge in [-0.25, -0.2) is 4.79 Å². The molecule has 3 rings (SSSR count). The summed E-state index contributed by atoms with van der Waals surface area (Å²) in [7, 11) is 0. The van der Waals surface area contributed by atoms with E-state index in [1.54, 1.807) is 0 Å². The number of ether oxygens (including phenoxy) is 1. The van der Waals surface area contributed by atoms with Crippen LogP contribution in [0.25, 0.3) is 0 Å². The molecule has 0 bridgehead atoms. The molecular formula is C17H14Cl3NO3S. The SMILES string of the molecule is O=C(COC(=O)c1cc2c(s1)CCCC2)Nc1cc(Cl)c(Cl)cc1Cl. The maximum Gasteiger partial charge on any atom is 0.348 e. The minimum atomic E-state index is -0.505. The predicted octanol–water partition coefficient (Wildman–Crippen LogP) is 5.38. The molecule has 1 aliphatic rings. The maximum absolute atomic E-state index is 12.1. The van der Waals surface area contributed by atoms with Crippen LogP contribution in [0.2, 0.25) is 15.1 Å². The largest absolute Gasteiger partial charge is 0.451 e. The van der Waals surface area contributed by atoms with Crippen molar-refractivity contribution >= 4 is 63.7 Å². The lowest BCUT2D eigenvalue weighted by Gasteiger charge is -2.09. The standard InChI is InChI=1S/C17H14Cl3NO3S/c18-10-6-12(20)13(7-11(10)19)21-16(22)8-24-17(23)15-5-9-3-1-2-4-14(9)25-15/h5-7H,1-4,8H2,(H,21,22). The number of amides is 1. The Morgan fingerprint density at radius 3 is 2.52 bits per heavy atom. The Morgan fingerprint density at radius 2 is 1.76 bits per heavy atom. The van der Waals surface area contributed by atoms with Crippen molar-refractivity contribution in [2.45, 2.75) is 25.7 Å². The number of esters is 1. The molecule has 2 aromatic rings. The van der Waals surface area contributed by atoms with Gasteiger partial charge in [0.15, 0.2) is 6.61 Å². The third-order valence-corrected chi connectivity index (χ3v) is 6.07. The summed E-state index contributed by atoms with van der Waals surface area (Å²) in [5.41, 5.74) is 1.53. The fourth-order valence-electron chi connectivity index (χ4n) is 2.60. The minimum Gasteiger partial charge on any atom is -0.451 e. The molecule has 1 heterocycles. The first-order valence-electron chi connectivity index (χ1n) is 7.67. The zero-order chi connectivity index (χ0) is 18.0. The summed E-state index contributed by atoms with van der Waals surface area (Å²) in [6, 6.07) is 4.75. The maximum atomic E-state index is 12.1. The van der Waals surface area contributed by atoms with E-state index in [1.807, 2.05) is 6.07 Å². The van der Waals surface area contributed by atoms with Crippen LogP contribution < -0.4 is 5.32 Å². The second-order valence-corrected chi connectivity index (χ2v) is 7.99. The van der Waals surface area contributed by atoms with Crippen molar-refractivity contribution in [3.05, 3.63) is 48.6 Å². The smallest absolute Gasteiger partial charge is 0.348 e. The van der Waals surface area contributed by atoms with E-state index in [0.29, 0.717) is 10.6 Å².